The Morgan fingerprint density at radius 2 is 1.94 bits per heavy atom. The lowest BCUT2D eigenvalue weighted by Gasteiger charge is -2.21. The number of pyridine rings is 1. The summed E-state index contributed by atoms with van der Waals surface area (Å²) in [6, 6.07) is 3.61. The number of halogens is 2. The molecule has 4 aromatic rings. The maximum Gasteiger partial charge on any atom is 0.260 e. The van der Waals surface area contributed by atoms with E-state index in [2.05, 4.69) is 25.6 Å². The molecule has 1 saturated carbocycles. The van der Waals surface area contributed by atoms with Crippen LogP contribution in [0.2, 0.25) is 0 Å². The van der Waals surface area contributed by atoms with Gasteiger partial charge in [-0.1, -0.05) is 0 Å². The first-order chi connectivity index (χ1) is 16.9. The highest BCUT2D eigenvalue weighted by molar-refractivity contribution is 6.14. The lowest BCUT2D eigenvalue weighted by Crippen LogP contribution is -2.34. The molecule has 1 amide bonds. The van der Waals surface area contributed by atoms with E-state index in [0.29, 0.717) is 29.8 Å². The van der Waals surface area contributed by atoms with Crippen LogP contribution in [0.3, 0.4) is 0 Å². The lowest BCUT2D eigenvalue weighted by atomic mass is 10.1. The number of nitrogens with one attached hydrogen (secondary N) is 2. The summed E-state index contributed by atoms with van der Waals surface area (Å²) >= 11 is 0. The zero-order valence-electron chi connectivity index (χ0n) is 19.7. The third-order valence-electron chi connectivity index (χ3n) is 6.79. The Kier molecular flexibility index (Phi) is 5.21. The van der Waals surface area contributed by atoms with Crippen LogP contribution >= 0.6 is 0 Å². The van der Waals surface area contributed by atoms with Gasteiger partial charge in [0.05, 0.1) is 17.1 Å². The second-order valence-corrected chi connectivity index (χ2v) is 9.52. The summed E-state index contributed by atoms with van der Waals surface area (Å²) < 4.78 is 33.2. The number of hydrogen-bond acceptors (Lipinski definition) is 5. The van der Waals surface area contributed by atoms with E-state index in [0.717, 1.165) is 30.6 Å². The zero-order chi connectivity index (χ0) is 24.3. The second kappa shape index (κ2) is 8.30. The van der Waals surface area contributed by atoms with Crippen LogP contribution in [-0.2, 0) is 6.54 Å². The number of rotatable bonds is 6. The van der Waals surface area contributed by atoms with Gasteiger partial charge < -0.3 is 19.9 Å². The van der Waals surface area contributed by atoms with Crippen molar-refractivity contribution in [2.45, 2.75) is 51.7 Å². The van der Waals surface area contributed by atoms with Gasteiger partial charge in [-0.2, -0.15) is 5.10 Å². The summed E-state index contributed by atoms with van der Waals surface area (Å²) in [4.78, 5) is 19.5. The Morgan fingerprint density at radius 1 is 1.11 bits per heavy atom. The van der Waals surface area contributed by atoms with Crippen LogP contribution in [0.5, 0.6) is 0 Å². The van der Waals surface area contributed by atoms with E-state index in [1.54, 1.807) is 24.0 Å². The molecule has 1 aliphatic heterocycles. The fraction of sp³-hybridized carbons (Fsp3) is 0.400. The molecule has 182 valence electrons. The van der Waals surface area contributed by atoms with Crippen LogP contribution in [-0.4, -0.2) is 50.2 Å². The molecule has 4 heterocycles. The van der Waals surface area contributed by atoms with Crippen molar-refractivity contribution in [2.24, 2.45) is 0 Å². The zero-order valence-corrected chi connectivity index (χ0v) is 19.7. The number of carbonyl (C=O) groups excluding carboxylic acids is 1. The van der Waals surface area contributed by atoms with Crippen molar-refractivity contribution >= 4 is 33.8 Å². The number of carbonyl (C=O) groups is 1. The molecule has 1 unspecified atom stereocenters. The van der Waals surface area contributed by atoms with Crippen LogP contribution in [0.1, 0.15) is 42.2 Å². The molecule has 2 fully saturated rings. The quantitative estimate of drug-likeness (QED) is 0.439. The Labute approximate surface area is 200 Å². The van der Waals surface area contributed by atoms with Gasteiger partial charge in [-0.05, 0) is 39.2 Å². The predicted molar refractivity (Wildman–Crippen MR) is 130 cm³/mol. The number of imidazole rings is 1. The van der Waals surface area contributed by atoms with Gasteiger partial charge in [-0.15, -0.1) is 0 Å². The summed E-state index contributed by atoms with van der Waals surface area (Å²) in [5, 5.41) is 11.5. The molecule has 1 aromatic carbocycles. The Morgan fingerprint density at radius 3 is 2.71 bits per heavy atom. The molecule has 6 rings (SSSR count). The fourth-order valence-electron chi connectivity index (χ4n) is 4.96. The van der Waals surface area contributed by atoms with Crippen LogP contribution in [0.4, 0.5) is 20.2 Å². The molecule has 0 spiro atoms. The van der Waals surface area contributed by atoms with Gasteiger partial charge in [0.2, 0.25) is 0 Å². The minimum Gasteiger partial charge on any atom is -0.369 e. The van der Waals surface area contributed by atoms with Crippen molar-refractivity contribution in [1.29, 1.82) is 0 Å². The maximum atomic E-state index is 15.5. The first-order valence-corrected chi connectivity index (χ1v) is 12.1. The number of amides is 1. The van der Waals surface area contributed by atoms with E-state index in [4.69, 9.17) is 0 Å². The number of aryl methyl sites for hydroxylation is 2. The van der Waals surface area contributed by atoms with Crippen molar-refractivity contribution in [2.75, 3.05) is 23.3 Å². The minimum atomic E-state index is -0.675. The molecule has 0 radical (unpaired) electrons. The summed E-state index contributed by atoms with van der Waals surface area (Å²) in [7, 11) is 0. The maximum absolute atomic E-state index is 15.5. The molecule has 2 aliphatic rings. The number of fused-ring (bicyclic) bond motifs is 2. The Hall–Kier alpha value is -3.53. The van der Waals surface area contributed by atoms with E-state index >= 15 is 4.39 Å². The number of benzene rings is 1. The van der Waals surface area contributed by atoms with Gasteiger partial charge in [0, 0.05) is 61.8 Å². The average molecular weight is 480 g/mol. The average Bonchev–Trinajstić information content (AvgIpc) is 3.18. The van der Waals surface area contributed by atoms with Crippen molar-refractivity contribution in [3.05, 3.63) is 53.6 Å². The highest BCUT2D eigenvalue weighted by atomic mass is 19.1. The molecular formula is C25H27F2N7O. The van der Waals surface area contributed by atoms with Crippen LogP contribution in [0.25, 0.3) is 16.6 Å². The van der Waals surface area contributed by atoms with E-state index < -0.39 is 17.5 Å². The third-order valence-corrected chi connectivity index (χ3v) is 6.79. The van der Waals surface area contributed by atoms with Gasteiger partial charge in [0.1, 0.15) is 16.9 Å². The van der Waals surface area contributed by atoms with Crippen molar-refractivity contribution in [3.63, 3.8) is 0 Å². The minimum absolute atomic E-state index is 0.148. The lowest BCUT2D eigenvalue weighted by molar-refractivity contribution is 0.102. The number of anilines is 2. The standard InChI is InChI=1S/C25H27F2N7O/c1-3-34-13-18-21(32-7-6-16(11-32)29-15-4-5-15)9-19(26)22(23(18)31-34)25(35)30-17-8-20(27)24-28-14(2)10-33(24)12-17/h8-10,12-13,15-16,29H,3-7,11H2,1-2H3,(H,30,35). The van der Waals surface area contributed by atoms with E-state index in [1.165, 1.54) is 29.4 Å². The fourth-order valence-corrected chi connectivity index (χ4v) is 4.96. The van der Waals surface area contributed by atoms with Crippen molar-refractivity contribution in [3.8, 4) is 0 Å². The Balaban J connectivity index is 1.35. The smallest absolute Gasteiger partial charge is 0.260 e. The molecule has 2 N–H and O–H groups in total. The van der Waals surface area contributed by atoms with Crippen LogP contribution in [0, 0.1) is 18.6 Å². The first kappa shape index (κ1) is 22.0. The summed E-state index contributed by atoms with van der Waals surface area (Å²) in [6.45, 7) is 5.89. The normalized spacial score (nSPS) is 18.2. The molecule has 1 atom stereocenters. The number of hydrogen-bond donors (Lipinski definition) is 2. The van der Waals surface area contributed by atoms with Crippen molar-refractivity contribution < 1.29 is 13.6 Å². The SMILES string of the molecule is CCn1cc2c(N3CCC(NC4CC4)C3)cc(F)c(C(=O)Nc3cc(F)c4nc(C)cn4c3)c2n1. The Bertz CT molecular complexity index is 1460. The summed E-state index contributed by atoms with van der Waals surface area (Å²) in [5.74, 6) is -1.90. The molecule has 35 heavy (non-hydrogen) atoms. The molecule has 3 aromatic heterocycles. The van der Waals surface area contributed by atoms with E-state index in [-0.39, 0.29) is 16.9 Å². The second-order valence-electron chi connectivity index (χ2n) is 9.52. The monoisotopic (exact) mass is 479 g/mol. The number of aromatic nitrogens is 4. The van der Waals surface area contributed by atoms with Crippen LogP contribution in [0.15, 0.2) is 30.7 Å². The summed E-state index contributed by atoms with van der Waals surface area (Å²) in [6.07, 6.45) is 8.52. The predicted octanol–water partition coefficient (Wildman–Crippen LogP) is 3.87. The van der Waals surface area contributed by atoms with E-state index in [1.807, 2.05) is 13.1 Å². The largest absolute Gasteiger partial charge is 0.369 e. The molecule has 0 bridgehead atoms. The topological polar surface area (TPSA) is 79.5 Å². The summed E-state index contributed by atoms with van der Waals surface area (Å²) in [5.41, 5.74) is 1.92. The molecule has 10 heteroatoms. The van der Waals surface area contributed by atoms with Gasteiger partial charge in [-0.25, -0.2) is 13.8 Å². The van der Waals surface area contributed by atoms with E-state index in [9.17, 15) is 9.18 Å². The molecule has 1 aliphatic carbocycles. The van der Waals surface area contributed by atoms with Crippen molar-refractivity contribution in [1.82, 2.24) is 24.5 Å². The molecule has 8 nitrogen and oxygen atoms in total. The molecular weight excluding hydrogens is 452 g/mol. The van der Waals surface area contributed by atoms with Gasteiger partial charge in [0.25, 0.3) is 5.91 Å². The highest BCUT2D eigenvalue weighted by Gasteiger charge is 2.31. The van der Waals surface area contributed by atoms with Gasteiger partial charge >= 0.3 is 0 Å². The number of nitrogens with zero attached hydrogens (tertiary/aromatic N) is 5. The first-order valence-electron chi connectivity index (χ1n) is 12.1. The van der Waals surface area contributed by atoms with Crippen LogP contribution < -0.4 is 15.5 Å². The van der Waals surface area contributed by atoms with Gasteiger partial charge in [-0.3, -0.25) is 9.48 Å². The highest BCUT2D eigenvalue weighted by Crippen LogP contribution is 2.34. The molecule has 1 saturated heterocycles. The van der Waals surface area contributed by atoms with Gasteiger partial charge in [0.15, 0.2) is 11.5 Å². The third kappa shape index (κ3) is 4.01.